The molecule has 0 saturated carbocycles. The number of sulfonamides is 1. The van der Waals surface area contributed by atoms with Gasteiger partial charge in [0.15, 0.2) is 0 Å². The molecule has 1 aromatic rings. The van der Waals surface area contributed by atoms with Crippen molar-refractivity contribution in [1.82, 2.24) is 4.98 Å². The van der Waals surface area contributed by atoms with E-state index in [0.29, 0.717) is 5.69 Å². The highest BCUT2D eigenvalue weighted by molar-refractivity contribution is 7.92. The van der Waals surface area contributed by atoms with Crippen LogP contribution in [0.5, 0.6) is 0 Å². The van der Waals surface area contributed by atoms with Crippen LogP contribution in [-0.2, 0) is 10.0 Å². The monoisotopic (exact) mass is 216 g/mol. The molecule has 1 rings (SSSR count). The van der Waals surface area contributed by atoms with Crippen molar-refractivity contribution < 1.29 is 13.5 Å². The molecule has 6 heteroatoms. The lowest BCUT2D eigenvalue weighted by Crippen LogP contribution is -2.30. The van der Waals surface area contributed by atoms with Crippen LogP contribution in [0.25, 0.3) is 0 Å². The lowest BCUT2D eigenvalue weighted by Gasteiger charge is -2.18. The number of aliphatic hydroxyl groups is 1. The van der Waals surface area contributed by atoms with E-state index in [1.807, 2.05) is 0 Å². The standard InChI is InChI=1S/C8H12N2O3S/c1-10(14(12,13)7-6-11)8-2-4-9-5-3-8/h2-5,11H,6-7H2,1H3. The molecule has 1 heterocycles. The summed E-state index contributed by atoms with van der Waals surface area (Å²) in [5.74, 6) is -0.272. The van der Waals surface area contributed by atoms with Crippen LogP contribution in [0.3, 0.4) is 0 Å². The molecule has 0 fully saturated rings. The third kappa shape index (κ3) is 2.43. The maximum Gasteiger partial charge on any atom is 0.237 e. The number of pyridine rings is 1. The van der Waals surface area contributed by atoms with Crippen molar-refractivity contribution in [2.75, 3.05) is 23.7 Å². The average molecular weight is 216 g/mol. The third-order valence-corrected chi connectivity index (χ3v) is 3.54. The van der Waals surface area contributed by atoms with Gasteiger partial charge in [-0.05, 0) is 12.1 Å². The molecule has 0 aliphatic heterocycles. The van der Waals surface area contributed by atoms with Gasteiger partial charge >= 0.3 is 0 Å². The third-order valence-electron chi connectivity index (χ3n) is 1.79. The van der Waals surface area contributed by atoms with Crippen LogP contribution >= 0.6 is 0 Å². The zero-order valence-electron chi connectivity index (χ0n) is 7.79. The second-order valence-corrected chi connectivity index (χ2v) is 4.83. The van der Waals surface area contributed by atoms with Gasteiger partial charge in [0.1, 0.15) is 0 Å². The normalized spacial score (nSPS) is 11.3. The first-order valence-electron chi connectivity index (χ1n) is 4.05. The Morgan fingerprint density at radius 1 is 1.43 bits per heavy atom. The van der Waals surface area contributed by atoms with Gasteiger partial charge in [-0.25, -0.2) is 8.42 Å². The summed E-state index contributed by atoms with van der Waals surface area (Å²) in [4.78, 5) is 3.78. The van der Waals surface area contributed by atoms with Gasteiger partial charge in [-0.3, -0.25) is 9.29 Å². The van der Waals surface area contributed by atoms with E-state index in [4.69, 9.17) is 5.11 Å². The van der Waals surface area contributed by atoms with E-state index in [1.165, 1.54) is 19.4 Å². The maximum absolute atomic E-state index is 11.5. The Labute approximate surface area is 83.1 Å². The van der Waals surface area contributed by atoms with E-state index in [2.05, 4.69) is 4.98 Å². The summed E-state index contributed by atoms with van der Waals surface area (Å²) in [7, 11) is -1.96. The summed E-state index contributed by atoms with van der Waals surface area (Å²) in [5, 5.41) is 8.58. The molecule has 0 amide bonds. The van der Waals surface area contributed by atoms with E-state index >= 15 is 0 Å². The van der Waals surface area contributed by atoms with Crippen LogP contribution < -0.4 is 4.31 Å². The van der Waals surface area contributed by atoms with E-state index in [-0.39, 0.29) is 12.4 Å². The smallest absolute Gasteiger partial charge is 0.237 e. The fraction of sp³-hybridized carbons (Fsp3) is 0.375. The van der Waals surface area contributed by atoms with Gasteiger partial charge in [0.05, 0.1) is 18.0 Å². The van der Waals surface area contributed by atoms with E-state index < -0.39 is 10.0 Å². The minimum absolute atomic E-state index is 0.272. The molecule has 78 valence electrons. The number of hydrogen-bond acceptors (Lipinski definition) is 4. The van der Waals surface area contributed by atoms with Crippen molar-refractivity contribution in [2.45, 2.75) is 0 Å². The Bertz CT molecular complexity index is 377. The molecule has 1 aromatic heterocycles. The molecule has 0 unspecified atom stereocenters. The minimum Gasteiger partial charge on any atom is -0.395 e. The topological polar surface area (TPSA) is 70.5 Å². The largest absolute Gasteiger partial charge is 0.395 e. The van der Waals surface area contributed by atoms with E-state index in [9.17, 15) is 8.42 Å². The van der Waals surface area contributed by atoms with Crippen molar-refractivity contribution in [3.8, 4) is 0 Å². The molecule has 0 aliphatic rings. The molecule has 0 atom stereocenters. The van der Waals surface area contributed by atoms with Crippen LogP contribution in [0, 0.1) is 0 Å². The summed E-state index contributed by atoms with van der Waals surface area (Å²) in [5.41, 5.74) is 0.536. The van der Waals surface area contributed by atoms with Gasteiger partial charge in [0.25, 0.3) is 0 Å². The fourth-order valence-electron chi connectivity index (χ4n) is 0.967. The van der Waals surface area contributed by atoms with Crippen LogP contribution in [0.15, 0.2) is 24.5 Å². The number of hydrogen-bond donors (Lipinski definition) is 1. The quantitative estimate of drug-likeness (QED) is 0.759. The van der Waals surface area contributed by atoms with E-state index in [1.54, 1.807) is 12.1 Å². The molecule has 0 saturated heterocycles. The lowest BCUT2D eigenvalue weighted by atomic mass is 10.4. The van der Waals surface area contributed by atoms with Gasteiger partial charge in [-0.1, -0.05) is 0 Å². The average Bonchev–Trinajstić information content (AvgIpc) is 2.18. The molecular weight excluding hydrogens is 204 g/mol. The van der Waals surface area contributed by atoms with Crippen LogP contribution in [0.4, 0.5) is 5.69 Å². The predicted octanol–water partition coefficient (Wildman–Crippen LogP) is -0.160. The van der Waals surface area contributed by atoms with Crippen molar-refractivity contribution in [3.63, 3.8) is 0 Å². The zero-order valence-corrected chi connectivity index (χ0v) is 8.61. The van der Waals surface area contributed by atoms with E-state index in [0.717, 1.165) is 4.31 Å². The summed E-state index contributed by atoms with van der Waals surface area (Å²) in [6.45, 7) is -0.377. The van der Waals surface area contributed by atoms with Gasteiger partial charge in [-0.2, -0.15) is 0 Å². The Morgan fingerprint density at radius 3 is 2.50 bits per heavy atom. The summed E-state index contributed by atoms with van der Waals surface area (Å²) in [6, 6.07) is 3.18. The predicted molar refractivity (Wildman–Crippen MR) is 53.5 cm³/mol. The minimum atomic E-state index is -3.41. The van der Waals surface area contributed by atoms with Crippen LogP contribution in [0.2, 0.25) is 0 Å². The van der Waals surface area contributed by atoms with Crippen molar-refractivity contribution in [1.29, 1.82) is 0 Å². The van der Waals surface area contributed by atoms with Crippen LogP contribution in [-0.4, -0.2) is 37.9 Å². The molecule has 0 bridgehead atoms. The zero-order chi connectivity index (χ0) is 10.6. The summed E-state index contributed by atoms with van der Waals surface area (Å²) < 4.78 is 24.1. The molecule has 1 N–H and O–H groups in total. The summed E-state index contributed by atoms with van der Waals surface area (Å²) >= 11 is 0. The van der Waals surface area contributed by atoms with Crippen molar-refractivity contribution in [2.24, 2.45) is 0 Å². The fourth-order valence-corrected chi connectivity index (χ4v) is 1.91. The van der Waals surface area contributed by atoms with Crippen LogP contribution in [0.1, 0.15) is 0 Å². The highest BCUT2D eigenvalue weighted by atomic mass is 32.2. The first-order valence-corrected chi connectivity index (χ1v) is 5.66. The van der Waals surface area contributed by atoms with Crippen molar-refractivity contribution in [3.05, 3.63) is 24.5 Å². The molecule has 0 radical (unpaired) electrons. The second kappa shape index (κ2) is 4.39. The molecule has 0 spiro atoms. The first-order chi connectivity index (χ1) is 6.58. The molecular formula is C8H12N2O3S. The molecule has 14 heavy (non-hydrogen) atoms. The van der Waals surface area contributed by atoms with Gasteiger partial charge < -0.3 is 5.11 Å². The Balaban J connectivity index is 2.91. The number of aliphatic hydroxyl groups excluding tert-OH is 1. The highest BCUT2D eigenvalue weighted by Gasteiger charge is 2.16. The van der Waals surface area contributed by atoms with Gasteiger partial charge in [-0.15, -0.1) is 0 Å². The Kier molecular flexibility index (Phi) is 3.43. The number of anilines is 1. The number of nitrogens with zero attached hydrogens (tertiary/aromatic N) is 2. The Morgan fingerprint density at radius 2 is 2.00 bits per heavy atom. The van der Waals surface area contributed by atoms with Crippen molar-refractivity contribution >= 4 is 15.7 Å². The number of rotatable bonds is 4. The first kappa shape index (κ1) is 10.9. The maximum atomic E-state index is 11.5. The lowest BCUT2D eigenvalue weighted by molar-refractivity contribution is 0.319. The molecule has 0 aliphatic carbocycles. The van der Waals surface area contributed by atoms with Gasteiger partial charge in [0.2, 0.25) is 10.0 Å². The SMILES string of the molecule is CN(c1ccncc1)S(=O)(=O)CCO. The second-order valence-electron chi connectivity index (χ2n) is 2.71. The molecule has 5 nitrogen and oxygen atoms in total. The highest BCUT2D eigenvalue weighted by Crippen LogP contribution is 2.13. The molecule has 0 aromatic carbocycles. The van der Waals surface area contributed by atoms with Gasteiger partial charge in [0, 0.05) is 19.4 Å². The number of aromatic nitrogens is 1. The summed E-state index contributed by atoms with van der Waals surface area (Å²) in [6.07, 6.45) is 3.03. The Hall–Kier alpha value is -1.14.